The predicted molar refractivity (Wildman–Crippen MR) is 62.8 cm³/mol. The van der Waals surface area contributed by atoms with E-state index in [4.69, 9.17) is 9.52 Å². The van der Waals surface area contributed by atoms with E-state index in [0.29, 0.717) is 0 Å². The number of rotatable bonds is 4. The van der Waals surface area contributed by atoms with Crippen LogP contribution >= 0.6 is 11.8 Å². The van der Waals surface area contributed by atoms with Crippen molar-refractivity contribution in [3.8, 4) is 0 Å². The summed E-state index contributed by atoms with van der Waals surface area (Å²) in [6, 6.07) is 3.03. The molecule has 0 aliphatic rings. The summed E-state index contributed by atoms with van der Waals surface area (Å²) in [5.74, 6) is -0.685. The fourth-order valence-corrected chi connectivity index (χ4v) is 2.01. The lowest BCUT2D eigenvalue weighted by Gasteiger charge is -2.04. The standard InChI is InChI=1S/C11H8F3NO3S/c12-11(13,14)6-1-2-8-7(3-6)15-9(18-8)4-19-5-10(16)17/h1-3H,4-5H2,(H,16,17). The maximum atomic E-state index is 12.5. The number of benzene rings is 1. The van der Waals surface area contributed by atoms with Gasteiger partial charge in [-0.2, -0.15) is 13.2 Å². The van der Waals surface area contributed by atoms with Crippen molar-refractivity contribution in [3.63, 3.8) is 0 Å². The molecule has 0 fully saturated rings. The summed E-state index contributed by atoms with van der Waals surface area (Å²) in [4.78, 5) is 14.2. The summed E-state index contributed by atoms with van der Waals surface area (Å²) >= 11 is 1.06. The Morgan fingerprint density at radius 1 is 1.42 bits per heavy atom. The van der Waals surface area contributed by atoms with Gasteiger partial charge in [-0.3, -0.25) is 4.79 Å². The quantitative estimate of drug-likeness (QED) is 0.937. The van der Waals surface area contributed by atoms with Crippen molar-refractivity contribution in [2.45, 2.75) is 11.9 Å². The van der Waals surface area contributed by atoms with Gasteiger partial charge in [-0.1, -0.05) is 0 Å². The Kier molecular flexibility index (Phi) is 3.70. The summed E-state index contributed by atoms with van der Waals surface area (Å²) in [5, 5.41) is 8.46. The SMILES string of the molecule is O=C(O)CSCc1nc2cc(C(F)(F)F)ccc2o1. The van der Waals surface area contributed by atoms with Crippen molar-refractivity contribution in [3.05, 3.63) is 29.7 Å². The first-order chi connectivity index (χ1) is 8.86. The monoisotopic (exact) mass is 291 g/mol. The molecule has 8 heteroatoms. The molecule has 1 heterocycles. The molecule has 1 aromatic carbocycles. The molecule has 2 aromatic rings. The highest BCUT2D eigenvalue weighted by molar-refractivity contribution is 7.99. The highest BCUT2D eigenvalue weighted by Crippen LogP contribution is 2.31. The minimum atomic E-state index is -4.43. The summed E-state index contributed by atoms with van der Waals surface area (Å²) in [6.07, 6.45) is -4.43. The van der Waals surface area contributed by atoms with Crippen LogP contribution in [0.5, 0.6) is 0 Å². The molecule has 0 saturated heterocycles. The van der Waals surface area contributed by atoms with Crippen LogP contribution in [0.1, 0.15) is 11.5 Å². The zero-order valence-electron chi connectivity index (χ0n) is 9.40. The van der Waals surface area contributed by atoms with E-state index in [9.17, 15) is 18.0 Å². The Balaban J connectivity index is 2.18. The van der Waals surface area contributed by atoms with Crippen LogP contribution in [-0.2, 0) is 16.7 Å². The van der Waals surface area contributed by atoms with Gasteiger partial charge in [0.2, 0.25) is 5.89 Å². The Bertz CT molecular complexity index is 609. The van der Waals surface area contributed by atoms with E-state index >= 15 is 0 Å². The van der Waals surface area contributed by atoms with E-state index in [2.05, 4.69) is 4.98 Å². The second-order valence-electron chi connectivity index (χ2n) is 3.67. The third-order valence-electron chi connectivity index (χ3n) is 2.21. The van der Waals surface area contributed by atoms with E-state index in [0.717, 1.165) is 23.9 Å². The van der Waals surface area contributed by atoms with Gasteiger partial charge in [-0.05, 0) is 18.2 Å². The largest absolute Gasteiger partial charge is 0.481 e. The molecule has 0 bridgehead atoms. The van der Waals surface area contributed by atoms with Crippen LogP contribution in [0, 0.1) is 0 Å². The average molecular weight is 291 g/mol. The summed E-state index contributed by atoms with van der Waals surface area (Å²) in [7, 11) is 0. The number of aliphatic carboxylic acids is 1. The van der Waals surface area contributed by atoms with E-state index < -0.39 is 17.7 Å². The van der Waals surface area contributed by atoms with Gasteiger partial charge in [0.1, 0.15) is 5.52 Å². The topological polar surface area (TPSA) is 63.3 Å². The fraction of sp³-hybridized carbons (Fsp3) is 0.273. The number of halogens is 3. The molecule has 4 nitrogen and oxygen atoms in total. The van der Waals surface area contributed by atoms with Gasteiger partial charge < -0.3 is 9.52 Å². The Hall–Kier alpha value is -1.70. The number of carboxylic acid groups (broad SMARTS) is 1. The number of nitrogens with zero attached hydrogens (tertiary/aromatic N) is 1. The third kappa shape index (κ3) is 3.40. The number of alkyl halides is 3. The first-order valence-corrected chi connectivity index (χ1v) is 6.28. The summed E-state index contributed by atoms with van der Waals surface area (Å²) in [6.45, 7) is 0. The number of hydrogen-bond acceptors (Lipinski definition) is 4. The number of oxazole rings is 1. The van der Waals surface area contributed by atoms with Crippen LogP contribution in [0.25, 0.3) is 11.1 Å². The minimum absolute atomic E-state index is 0.112. The molecule has 0 aliphatic carbocycles. The average Bonchev–Trinajstić information content (AvgIpc) is 2.68. The van der Waals surface area contributed by atoms with Gasteiger partial charge in [0.05, 0.1) is 17.1 Å². The molecule has 19 heavy (non-hydrogen) atoms. The van der Waals surface area contributed by atoms with Crippen molar-refractivity contribution in [1.82, 2.24) is 4.98 Å². The van der Waals surface area contributed by atoms with E-state index in [1.807, 2.05) is 0 Å². The van der Waals surface area contributed by atoms with Crippen molar-refractivity contribution in [1.29, 1.82) is 0 Å². The van der Waals surface area contributed by atoms with Gasteiger partial charge >= 0.3 is 12.1 Å². The molecule has 0 aliphatic heterocycles. The van der Waals surface area contributed by atoms with Crippen LogP contribution in [-0.4, -0.2) is 21.8 Å². The van der Waals surface area contributed by atoms with Crippen LogP contribution < -0.4 is 0 Å². The maximum absolute atomic E-state index is 12.5. The number of fused-ring (bicyclic) bond motifs is 1. The van der Waals surface area contributed by atoms with Crippen molar-refractivity contribution >= 4 is 28.8 Å². The zero-order valence-corrected chi connectivity index (χ0v) is 10.2. The van der Waals surface area contributed by atoms with Crippen molar-refractivity contribution in [2.75, 3.05) is 5.75 Å². The molecular formula is C11H8F3NO3S. The Labute approximate surface area is 109 Å². The number of thioether (sulfide) groups is 1. The van der Waals surface area contributed by atoms with Gasteiger partial charge in [-0.25, -0.2) is 4.98 Å². The number of hydrogen-bond donors (Lipinski definition) is 1. The first kappa shape index (κ1) is 13.7. The maximum Gasteiger partial charge on any atom is 0.416 e. The zero-order chi connectivity index (χ0) is 14.0. The molecule has 0 unspecified atom stereocenters. The molecule has 0 amide bonds. The molecule has 0 atom stereocenters. The van der Waals surface area contributed by atoms with Crippen molar-refractivity contribution in [2.24, 2.45) is 0 Å². The minimum Gasteiger partial charge on any atom is -0.481 e. The van der Waals surface area contributed by atoms with Gasteiger partial charge in [-0.15, -0.1) is 11.8 Å². The van der Waals surface area contributed by atoms with Crippen LogP contribution in [0.2, 0.25) is 0 Å². The van der Waals surface area contributed by atoms with Gasteiger partial charge in [0, 0.05) is 0 Å². The van der Waals surface area contributed by atoms with Crippen LogP contribution in [0.15, 0.2) is 22.6 Å². The highest BCUT2D eigenvalue weighted by atomic mass is 32.2. The Morgan fingerprint density at radius 3 is 2.79 bits per heavy atom. The predicted octanol–water partition coefficient (Wildman–Crippen LogP) is 3.16. The molecular weight excluding hydrogens is 283 g/mol. The van der Waals surface area contributed by atoms with Crippen LogP contribution in [0.4, 0.5) is 13.2 Å². The third-order valence-corrected chi connectivity index (χ3v) is 3.11. The molecule has 0 saturated carbocycles. The first-order valence-electron chi connectivity index (χ1n) is 5.12. The lowest BCUT2D eigenvalue weighted by molar-refractivity contribution is -0.137. The molecule has 0 radical (unpaired) electrons. The molecule has 102 valence electrons. The second kappa shape index (κ2) is 5.12. The van der Waals surface area contributed by atoms with Gasteiger partial charge in [0.15, 0.2) is 5.58 Å². The normalized spacial score (nSPS) is 11.9. The van der Waals surface area contributed by atoms with E-state index in [-0.39, 0.29) is 28.5 Å². The number of carboxylic acids is 1. The van der Waals surface area contributed by atoms with Crippen LogP contribution in [0.3, 0.4) is 0 Å². The molecule has 1 N–H and O–H groups in total. The Morgan fingerprint density at radius 2 is 2.16 bits per heavy atom. The van der Waals surface area contributed by atoms with E-state index in [1.54, 1.807) is 0 Å². The van der Waals surface area contributed by atoms with Gasteiger partial charge in [0.25, 0.3) is 0 Å². The van der Waals surface area contributed by atoms with Crippen molar-refractivity contribution < 1.29 is 27.5 Å². The second-order valence-corrected chi connectivity index (χ2v) is 4.66. The lowest BCUT2D eigenvalue weighted by Crippen LogP contribution is -2.03. The fourth-order valence-electron chi connectivity index (χ4n) is 1.44. The molecule has 1 aromatic heterocycles. The summed E-state index contributed by atoms with van der Waals surface area (Å²) in [5.41, 5.74) is -0.433. The number of aromatic nitrogens is 1. The summed E-state index contributed by atoms with van der Waals surface area (Å²) < 4.78 is 42.7. The van der Waals surface area contributed by atoms with E-state index in [1.165, 1.54) is 6.07 Å². The molecule has 2 rings (SSSR count). The lowest BCUT2D eigenvalue weighted by atomic mass is 10.2. The smallest absolute Gasteiger partial charge is 0.416 e. The highest BCUT2D eigenvalue weighted by Gasteiger charge is 2.30. The number of carbonyl (C=O) groups is 1. The molecule has 0 spiro atoms.